The van der Waals surface area contributed by atoms with E-state index in [0.29, 0.717) is 33.6 Å². The fourth-order valence-corrected chi connectivity index (χ4v) is 3.72. The molecule has 0 aliphatic rings. The molecule has 4 N–H and O–H groups in total. The number of benzene rings is 2. The minimum Gasteiger partial charge on any atom is -0.507 e. The van der Waals surface area contributed by atoms with Crippen molar-refractivity contribution in [3.63, 3.8) is 0 Å². The summed E-state index contributed by atoms with van der Waals surface area (Å²) >= 11 is 1.40. The number of hydrogen-bond donors (Lipinski definition) is 3. The van der Waals surface area contributed by atoms with Crippen LogP contribution in [0.4, 0.5) is 11.5 Å². The number of thiophene rings is 1. The lowest BCUT2D eigenvalue weighted by molar-refractivity contribution is 0.102. The molecule has 4 aromatic rings. The van der Waals surface area contributed by atoms with Crippen molar-refractivity contribution >= 4 is 28.7 Å². The van der Waals surface area contributed by atoms with Gasteiger partial charge in [-0.15, -0.1) is 0 Å². The predicted octanol–water partition coefficient (Wildman–Crippen LogP) is 4.89. The molecule has 0 fully saturated rings. The molecule has 0 atom stereocenters. The third-order valence-corrected chi connectivity index (χ3v) is 5.21. The number of amides is 1. The van der Waals surface area contributed by atoms with Crippen LogP contribution in [-0.2, 0) is 0 Å². The van der Waals surface area contributed by atoms with E-state index in [1.807, 2.05) is 6.07 Å². The van der Waals surface area contributed by atoms with E-state index in [0.717, 1.165) is 0 Å². The molecule has 0 aliphatic heterocycles. The molecule has 0 aliphatic carbocycles. The average Bonchev–Trinajstić information content (AvgIpc) is 3.29. The highest BCUT2D eigenvalue weighted by atomic mass is 32.1. The Bertz CT molecular complexity index is 1280. The molecule has 1 amide bonds. The van der Waals surface area contributed by atoms with E-state index in [2.05, 4.69) is 16.4 Å². The zero-order valence-corrected chi connectivity index (χ0v) is 16.5. The normalized spacial score (nSPS) is 10.4. The van der Waals surface area contributed by atoms with Crippen molar-refractivity contribution in [1.29, 1.82) is 5.26 Å². The molecule has 30 heavy (non-hydrogen) atoms. The van der Waals surface area contributed by atoms with Gasteiger partial charge < -0.3 is 16.2 Å². The van der Waals surface area contributed by atoms with E-state index in [9.17, 15) is 15.2 Å². The lowest BCUT2D eigenvalue weighted by Crippen LogP contribution is -2.14. The lowest BCUT2D eigenvalue weighted by atomic mass is 9.97. The number of hydrogen-bond acceptors (Lipinski definition) is 6. The molecule has 146 valence electrons. The first-order chi connectivity index (χ1) is 14.6. The quantitative estimate of drug-likeness (QED) is 0.413. The van der Waals surface area contributed by atoms with Crippen molar-refractivity contribution < 1.29 is 9.90 Å². The number of phenols is 1. The van der Waals surface area contributed by atoms with Crippen LogP contribution in [0.2, 0.25) is 0 Å². The van der Waals surface area contributed by atoms with Gasteiger partial charge in [-0.2, -0.15) is 16.6 Å². The number of nitriles is 1. The zero-order chi connectivity index (χ0) is 21.1. The van der Waals surface area contributed by atoms with Crippen molar-refractivity contribution in [2.45, 2.75) is 0 Å². The van der Waals surface area contributed by atoms with E-state index in [1.54, 1.807) is 65.4 Å². The molecule has 0 unspecified atom stereocenters. The van der Waals surface area contributed by atoms with Crippen molar-refractivity contribution in [2.24, 2.45) is 0 Å². The molecular formula is C23H16N4O2S. The van der Waals surface area contributed by atoms with Crippen LogP contribution in [0.1, 0.15) is 15.9 Å². The van der Waals surface area contributed by atoms with Gasteiger partial charge in [0.05, 0.1) is 11.3 Å². The number of nitrogen functional groups attached to an aromatic ring is 1. The first-order valence-electron chi connectivity index (χ1n) is 9.00. The fraction of sp³-hybridized carbons (Fsp3) is 0. The molecular weight excluding hydrogens is 396 g/mol. The maximum atomic E-state index is 12.6. The second-order valence-corrected chi connectivity index (χ2v) is 7.28. The number of anilines is 2. The Labute approximate surface area is 176 Å². The van der Waals surface area contributed by atoms with Gasteiger partial charge in [-0.3, -0.25) is 4.79 Å². The van der Waals surface area contributed by atoms with Gasteiger partial charge in [0.1, 0.15) is 17.4 Å². The summed E-state index contributed by atoms with van der Waals surface area (Å²) in [4.78, 5) is 17.1. The van der Waals surface area contributed by atoms with Crippen LogP contribution in [0.15, 0.2) is 71.4 Å². The van der Waals surface area contributed by atoms with E-state index >= 15 is 0 Å². The predicted molar refractivity (Wildman–Crippen MR) is 118 cm³/mol. The van der Waals surface area contributed by atoms with E-state index < -0.39 is 0 Å². The molecule has 0 saturated carbocycles. The van der Waals surface area contributed by atoms with Crippen LogP contribution >= 0.6 is 11.3 Å². The minimum absolute atomic E-state index is 0.0448. The molecule has 7 heteroatoms. The number of para-hydroxylation sites is 1. The Morgan fingerprint density at radius 1 is 1.10 bits per heavy atom. The summed E-state index contributed by atoms with van der Waals surface area (Å²) in [6.45, 7) is 0. The number of aromatic hydroxyl groups is 1. The number of phenolic OH excluding ortho intramolecular Hbond substituents is 1. The van der Waals surface area contributed by atoms with Gasteiger partial charge in [-0.1, -0.05) is 24.3 Å². The van der Waals surface area contributed by atoms with Crippen LogP contribution in [0.3, 0.4) is 0 Å². The number of carbonyl (C=O) groups excluding carboxylic acids is 1. The molecule has 6 nitrogen and oxygen atoms in total. The molecule has 0 saturated heterocycles. The highest BCUT2D eigenvalue weighted by molar-refractivity contribution is 7.08. The number of pyridine rings is 1. The molecule has 2 heterocycles. The number of nitrogens with one attached hydrogen (secondary N) is 1. The van der Waals surface area contributed by atoms with Gasteiger partial charge in [-0.25, -0.2) is 4.98 Å². The van der Waals surface area contributed by atoms with Gasteiger partial charge in [0.15, 0.2) is 5.82 Å². The maximum absolute atomic E-state index is 12.6. The van der Waals surface area contributed by atoms with Gasteiger partial charge in [0.25, 0.3) is 5.91 Å². The SMILES string of the molecule is N#Cc1c(-c2cccc(N)c2)cc(-c2ccccc2O)nc1NC(=O)c1ccsc1. The summed E-state index contributed by atoms with van der Waals surface area (Å²) < 4.78 is 0. The summed E-state index contributed by atoms with van der Waals surface area (Å²) in [5, 5.41) is 26.4. The topological polar surface area (TPSA) is 112 Å². The van der Waals surface area contributed by atoms with Gasteiger partial charge >= 0.3 is 0 Å². The van der Waals surface area contributed by atoms with Gasteiger partial charge in [-0.05, 0) is 47.3 Å². The van der Waals surface area contributed by atoms with Crippen molar-refractivity contribution in [1.82, 2.24) is 4.98 Å². The number of aromatic nitrogens is 1. The Kier molecular flexibility index (Phi) is 5.16. The molecule has 2 aromatic carbocycles. The van der Waals surface area contributed by atoms with Crippen molar-refractivity contribution in [3.05, 3.63) is 82.6 Å². The number of rotatable bonds is 4. The van der Waals surface area contributed by atoms with Crippen LogP contribution in [0, 0.1) is 11.3 Å². The minimum atomic E-state index is -0.367. The molecule has 2 aromatic heterocycles. The lowest BCUT2D eigenvalue weighted by Gasteiger charge is -2.14. The van der Waals surface area contributed by atoms with Gasteiger partial charge in [0.2, 0.25) is 0 Å². The highest BCUT2D eigenvalue weighted by Crippen LogP contribution is 2.36. The number of nitrogens with zero attached hydrogens (tertiary/aromatic N) is 2. The second kappa shape index (κ2) is 8.07. The smallest absolute Gasteiger partial charge is 0.257 e. The summed E-state index contributed by atoms with van der Waals surface area (Å²) in [7, 11) is 0. The van der Waals surface area contributed by atoms with E-state index in [4.69, 9.17) is 5.73 Å². The van der Waals surface area contributed by atoms with Crippen LogP contribution < -0.4 is 11.1 Å². The fourth-order valence-electron chi connectivity index (χ4n) is 3.08. The van der Waals surface area contributed by atoms with Crippen LogP contribution in [0.25, 0.3) is 22.4 Å². The monoisotopic (exact) mass is 412 g/mol. The van der Waals surface area contributed by atoms with E-state index in [1.165, 1.54) is 11.3 Å². The summed E-state index contributed by atoms with van der Waals surface area (Å²) in [6.07, 6.45) is 0. The Balaban J connectivity index is 1.92. The first-order valence-corrected chi connectivity index (χ1v) is 9.94. The van der Waals surface area contributed by atoms with Crippen LogP contribution in [-0.4, -0.2) is 16.0 Å². The van der Waals surface area contributed by atoms with Crippen molar-refractivity contribution in [3.8, 4) is 34.2 Å². The molecule has 0 bridgehead atoms. The van der Waals surface area contributed by atoms with Gasteiger partial charge in [0, 0.05) is 22.2 Å². The highest BCUT2D eigenvalue weighted by Gasteiger charge is 2.19. The molecule has 0 spiro atoms. The van der Waals surface area contributed by atoms with Crippen LogP contribution in [0.5, 0.6) is 5.75 Å². The Hall–Kier alpha value is -4.15. The summed E-state index contributed by atoms with van der Waals surface area (Å²) in [6, 6.07) is 19.4. The average molecular weight is 412 g/mol. The third kappa shape index (κ3) is 3.72. The third-order valence-electron chi connectivity index (χ3n) is 4.52. The summed E-state index contributed by atoms with van der Waals surface area (Å²) in [5.41, 5.74) is 9.33. The largest absolute Gasteiger partial charge is 0.507 e. The zero-order valence-electron chi connectivity index (χ0n) is 15.7. The summed E-state index contributed by atoms with van der Waals surface area (Å²) in [5.74, 6) is -0.205. The molecule has 4 rings (SSSR count). The Morgan fingerprint density at radius 2 is 1.93 bits per heavy atom. The van der Waals surface area contributed by atoms with E-state index in [-0.39, 0.29) is 23.0 Å². The second-order valence-electron chi connectivity index (χ2n) is 6.50. The maximum Gasteiger partial charge on any atom is 0.257 e. The van der Waals surface area contributed by atoms with Crippen molar-refractivity contribution in [2.75, 3.05) is 11.1 Å². The standard InChI is InChI=1S/C23H16N4O2S/c24-12-19-18(14-4-3-5-16(25)10-14)11-20(17-6-1-2-7-21(17)28)26-22(19)27-23(29)15-8-9-30-13-15/h1-11,13,28H,25H2,(H,26,27,29). The Morgan fingerprint density at radius 3 is 2.63 bits per heavy atom. The number of carbonyl (C=O) groups is 1. The molecule has 0 radical (unpaired) electrons. The first kappa shape index (κ1) is 19.2. The number of nitrogens with two attached hydrogens (primary N) is 1.